The summed E-state index contributed by atoms with van der Waals surface area (Å²) in [6, 6.07) is 6.91. The van der Waals surface area contributed by atoms with Gasteiger partial charge in [0.15, 0.2) is 5.82 Å². The molecule has 1 aromatic heterocycles. The lowest BCUT2D eigenvalue weighted by Gasteiger charge is -2.21. The van der Waals surface area contributed by atoms with Crippen LogP contribution in [0.4, 0.5) is 5.82 Å². The highest BCUT2D eigenvalue weighted by Crippen LogP contribution is 2.18. The second-order valence-corrected chi connectivity index (χ2v) is 7.89. The molecule has 9 nitrogen and oxygen atoms in total. The second kappa shape index (κ2) is 7.67. The lowest BCUT2D eigenvalue weighted by atomic mass is 10.2. The van der Waals surface area contributed by atoms with Crippen LogP contribution in [-0.4, -0.2) is 52.6 Å². The monoisotopic (exact) mass is 380 g/mol. The number of benzene rings is 1. The topological polar surface area (TPSA) is 122 Å². The molecular formula is C16H20N4O5S. The molecule has 1 heterocycles. The normalized spacial score (nSPS) is 11.7. The van der Waals surface area contributed by atoms with E-state index >= 15 is 0 Å². The number of aromatic nitrogens is 2. The van der Waals surface area contributed by atoms with Crippen molar-refractivity contribution in [2.45, 2.75) is 31.3 Å². The van der Waals surface area contributed by atoms with Crippen molar-refractivity contribution < 1.29 is 23.1 Å². The summed E-state index contributed by atoms with van der Waals surface area (Å²) in [4.78, 5) is 23.0. The highest BCUT2D eigenvalue weighted by Gasteiger charge is 2.24. The summed E-state index contributed by atoms with van der Waals surface area (Å²) < 4.78 is 27.5. The lowest BCUT2D eigenvalue weighted by Crippen LogP contribution is -2.33. The quantitative estimate of drug-likeness (QED) is 0.745. The summed E-state index contributed by atoms with van der Waals surface area (Å²) in [5.41, 5.74) is 0.149. The number of hydrogen-bond acceptors (Lipinski definition) is 5. The standard InChI is InChI=1S/C16H20N4O5S/c1-11(2)19(3)26(24,25)13-6-4-5-12(9-13)16(23)17-14-7-8-20(18-14)10-15(21)22/h4-9,11H,10H2,1-3H3,(H,21,22)(H,17,18,23). The first-order valence-corrected chi connectivity index (χ1v) is 9.20. The van der Waals surface area contributed by atoms with E-state index in [-0.39, 0.29) is 28.9 Å². The average Bonchev–Trinajstić information content (AvgIpc) is 3.00. The van der Waals surface area contributed by atoms with Crippen molar-refractivity contribution >= 4 is 27.7 Å². The van der Waals surface area contributed by atoms with Crippen LogP contribution in [0.25, 0.3) is 0 Å². The molecule has 0 saturated heterocycles. The zero-order chi connectivity index (χ0) is 19.5. The first-order chi connectivity index (χ1) is 12.1. The molecule has 26 heavy (non-hydrogen) atoms. The smallest absolute Gasteiger partial charge is 0.325 e. The molecular weight excluding hydrogens is 360 g/mol. The maximum Gasteiger partial charge on any atom is 0.325 e. The van der Waals surface area contributed by atoms with E-state index in [0.29, 0.717) is 0 Å². The van der Waals surface area contributed by atoms with Gasteiger partial charge < -0.3 is 10.4 Å². The number of aliphatic carboxylic acids is 1. The molecule has 10 heteroatoms. The van der Waals surface area contributed by atoms with Crippen LogP contribution in [0.5, 0.6) is 0 Å². The van der Waals surface area contributed by atoms with Gasteiger partial charge in [-0.25, -0.2) is 8.42 Å². The van der Waals surface area contributed by atoms with Crippen molar-refractivity contribution in [3.05, 3.63) is 42.1 Å². The summed E-state index contributed by atoms with van der Waals surface area (Å²) in [6.45, 7) is 3.17. The molecule has 0 radical (unpaired) electrons. The van der Waals surface area contributed by atoms with Crippen LogP contribution in [0.3, 0.4) is 0 Å². The Labute approximate surface area is 151 Å². The van der Waals surface area contributed by atoms with Crippen LogP contribution in [0.15, 0.2) is 41.4 Å². The Morgan fingerprint density at radius 1 is 1.31 bits per heavy atom. The minimum Gasteiger partial charge on any atom is -0.480 e. The molecule has 0 fully saturated rings. The van der Waals surface area contributed by atoms with Gasteiger partial charge in [0, 0.05) is 30.9 Å². The van der Waals surface area contributed by atoms with Gasteiger partial charge in [0.25, 0.3) is 5.91 Å². The van der Waals surface area contributed by atoms with Gasteiger partial charge in [-0.3, -0.25) is 14.3 Å². The van der Waals surface area contributed by atoms with Gasteiger partial charge in [0.1, 0.15) is 6.54 Å². The van der Waals surface area contributed by atoms with Crippen LogP contribution in [0, 0.1) is 0 Å². The minimum absolute atomic E-state index is 0.0118. The van der Waals surface area contributed by atoms with E-state index in [2.05, 4.69) is 10.4 Å². The number of amides is 1. The fourth-order valence-electron chi connectivity index (χ4n) is 2.09. The molecule has 2 aromatic rings. The van der Waals surface area contributed by atoms with Crippen LogP contribution in [0.2, 0.25) is 0 Å². The minimum atomic E-state index is -3.71. The molecule has 2 rings (SSSR count). The van der Waals surface area contributed by atoms with Crippen LogP contribution in [0.1, 0.15) is 24.2 Å². The van der Waals surface area contributed by atoms with E-state index in [1.54, 1.807) is 13.8 Å². The van der Waals surface area contributed by atoms with Crippen LogP contribution in [-0.2, 0) is 21.4 Å². The Morgan fingerprint density at radius 3 is 2.62 bits per heavy atom. The number of nitrogens with one attached hydrogen (secondary N) is 1. The van der Waals surface area contributed by atoms with Gasteiger partial charge in [-0.15, -0.1) is 0 Å². The molecule has 0 unspecified atom stereocenters. The van der Waals surface area contributed by atoms with Crippen molar-refractivity contribution in [1.82, 2.24) is 14.1 Å². The van der Waals surface area contributed by atoms with Crippen LogP contribution < -0.4 is 5.32 Å². The third-order valence-electron chi connectivity index (χ3n) is 3.68. The summed E-state index contributed by atoms with van der Waals surface area (Å²) in [6.07, 6.45) is 1.42. The zero-order valence-electron chi connectivity index (χ0n) is 14.6. The molecule has 1 amide bonds. The first kappa shape index (κ1) is 19.6. The van der Waals surface area contributed by atoms with E-state index in [1.165, 1.54) is 47.9 Å². The Balaban J connectivity index is 2.20. The average molecular weight is 380 g/mol. The maximum absolute atomic E-state index is 12.5. The number of rotatable bonds is 7. The SMILES string of the molecule is CC(C)N(C)S(=O)(=O)c1cccc(C(=O)Nc2ccn(CC(=O)O)n2)c1. The largest absolute Gasteiger partial charge is 0.480 e. The van der Waals surface area contributed by atoms with Gasteiger partial charge in [-0.05, 0) is 32.0 Å². The lowest BCUT2D eigenvalue weighted by molar-refractivity contribution is -0.137. The molecule has 0 bridgehead atoms. The van der Waals surface area contributed by atoms with Crippen molar-refractivity contribution in [2.24, 2.45) is 0 Å². The van der Waals surface area contributed by atoms with Gasteiger partial charge in [-0.1, -0.05) is 6.07 Å². The number of hydrogen-bond donors (Lipinski definition) is 2. The Bertz CT molecular complexity index is 920. The number of carbonyl (C=O) groups is 2. The van der Waals surface area contributed by atoms with Crippen molar-refractivity contribution in [1.29, 1.82) is 0 Å². The molecule has 0 spiro atoms. The summed E-state index contributed by atoms with van der Waals surface area (Å²) in [7, 11) is -2.23. The Morgan fingerprint density at radius 2 is 2.00 bits per heavy atom. The summed E-state index contributed by atoms with van der Waals surface area (Å²) in [5, 5.41) is 15.1. The summed E-state index contributed by atoms with van der Waals surface area (Å²) in [5.74, 6) is -1.43. The Hall–Kier alpha value is -2.72. The molecule has 0 aliphatic rings. The van der Waals surface area contributed by atoms with E-state index < -0.39 is 21.9 Å². The Kier molecular flexibility index (Phi) is 5.78. The van der Waals surface area contributed by atoms with Crippen molar-refractivity contribution in [3.8, 4) is 0 Å². The van der Waals surface area contributed by atoms with Crippen molar-refractivity contribution in [3.63, 3.8) is 0 Å². The van der Waals surface area contributed by atoms with E-state index in [4.69, 9.17) is 5.11 Å². The predicted molar refractivity (Wildman–Crippen MR) is 94.3 cm³/mol. The number of carboxylic acid groups (broad SMARTS) is 1. The highest BCUT2D eigenvalue weighted by molar-refractivity contribution is 7.89. The third-order valence-corrected chi connectivity index (χ3v) is 5.71. The second-order valence-electron chi connectivity index (χ2n) is 5.89. The zero-order valence-corrected chi connectivity index (χ0v) is 15.4. The van der Waals surface area contributed by atoms with Gasteiger partial charge in [0.2, 0.25) is 10.0 Å². The highest BCUT2D eigenvalue weighted by atomic mass is 32.2. The molecule has 0 atom stereocenters. The van der Waals surface area contributed by atoms with E-state index in [9.17, 15) is 18.0 Å². The molecule has 0 saturated carbocycles. The number of anilines is 1. The number of carboxylic acids is 1. The fraction of sp³-hybridized carbons (Fsp3) is 0.312. The van der Waals surface area contributed by atoms with Gasteiger partial charge in [0.05, 0.1) is 4.90 Å². The molecule has 0 aliphatic carbocycles. The fourth-order valence-corrected chi connectivity index (χ4v) is 3.50. The number of sulfonamides is 1. The van der Waals surface area contributed by atoms with Crippen molar-refractivity contribution in [2.75, 3.05) is 12.4 Å². The van der Waals surface area contributed by atoms with E-state index in [0.717, 1.165) is 4.68 Å². The molecule has 0 aliphatic heterocycles. The van der Waals surface area contributed by atoms with E-state index in [1.807, 2.05) is 0 Å². The van der Waals surface area contributed by atoms with Gasteiger partial charge in [-0.2, -0.15) is 9.40 Å². The predicted octanol–water partition coefficient (Wildman–Crippen LogP) is 1.25. The van der Waals surface area contributed by atoms with Gasteiger partial charge >= 0.3 is 5.97 Å². The third kappa shape index (κ3) is 4.46. The summed E-state index contributed by atoms with van der Waals surface area (Å²) >= 11 is 0. The molecule has 140 valence electrons. The number of nitrogens with zero attached hydrogens (tertiary/aromatic N) is 3. The van der Waals surface area contributed by atoms with Crippen LogP contribution >= 0.6 is 0 Å². The molecule has 1 aromatic carbocycles. The first-order valence-electron chi connectivity index (χ1n) is 7.76. The molecule has 2 N–H and O–H groups in total. The maximum atomic E-state index is 12.5. The number of carbonyl (C=O) groups excluding carboxylic acids is 1.